The van der Waals surface area contributed by atoms with Gasteiger partial charge in [0.15, 0.2) is 0 Å². The predicted octanol–water partition coefficient (Wildman–Crippen LogP) is 6.20. The number of rotatable bonds is 6. The molecule has 5 rings (SSSR count). The smallest absolute Gasteiger partial charge is 0.351 e. The molecular formula is C31H35Cl2F3N4O4. The highest BCUT2D eigenvalue weighted by molar-refractivity contribution is 6.36. The van der Waals surface area contributed by atoms with E-state index in [-0.39, 0.29) is 49.7 Å². The zero-order valence-electron chi connectivity index (χ0n) is 24.3. The zero-order chi connectivity index (χ0) is 31.6. The van der Waals surface area contributed by atoms with Crippen LogP contribution in [0.5, 0.6) is 0 Å². The molecule has 0 spiro atoms. The second-order valence-corrected chi connectivity index (χ2v) is 12.4. The Hall–Kier alpha value is -3.02. The van der Waals surface area contributed by atoms with E-state index in [1.807, 2.05) is 4.90 Å². The number of hydroxylamine groups is 2. The van der Waals surface area contributed by atoms with Gasteiger partial charge in [-0.1, -0.05) is 35.3 Å². The first-order valence-electron chi connectivity index (χ1n) is 14.8. The minimum Gasteiger partial charge on any atom is -0.351 e. The van der Waals surface area contributed by atoms with Crippen LogP contribution in [0.15, 0.2) is 36.4 Å². The van der Waals surface area contributed by atoms with E-state index in [0.717, 1.165) is 11.1 Å². The summed E-state index contributed by atoms with van der Waals surface area (Å²) >= 11 is 13.4. The normalized spacial score (nSPS) is 20.7. The Bertz CT molecular complexity index is 1350. The molecule has 0 saturated carbocycles. The third-order valence-electron chi connectivity index (χ3n) is 8.93. The van der Waals surface area contributed by atoms with Gasteiger partial charge in [-0.05, 0) is 79.5 Å². The number of carbonyl (C=O) groups is 3. The van der Waals surface area contributed by atoms with Crippen LogP contribution in [0.2, 0.25) is 10.0 Å². The summed E-state index contributed by atoms with van der Waals surface area (Å²) in [4.78, 5) is 46.3. The van der Waals surface area contributed by atoms with Gasteiger partial charge in [0.2, 0.25) is 5.91 Å². The van der Waals surface area contributed by atoms with Gasteiger partial charge in [-0.2, -0.15) is 13.2 Å². The monoisotopic (exact) mass is 654 g/mol. The molecule has 1 N–H and O–H groups in total. The van der Waals surface area contributed by atoms with Gasteiger partial charge in [0.25, 0.3) is 5.91 Å². The quantitative estimate of drug-likeness (QED) is 0.401. The molecule has 13 heteroatoms. The molecule has 3 aliphatic rings. The van der Waals surface area contributed by atoms with Gasteiger partial charge in [0.1, 0.15) is 0 Å². The van der Waals surface area contributed by atoms with Crippen molar-refractivity contribution >= 4 is 41.1 Å². The lowest BCUT2D eigenvalue weighted by Crippen LogP contribution is -2.47. The van der Waals surface area contributed by atoms with Gasteiger partial charge in [-0.3, -0.25) is 9.59 Å². The first kappa shape index (κ1) is 32.4. The van der Waals surface area contributed by atoms with E-state index in [0.29, 0.717) is 66.5 Å². The van der Waals surface area contributed by atoms with Crippen LogP contribution >= 0.6 is 23.2 Å². The Morgan fingerprint density at radius 1 is 0.909 bits per heavy atom. The summed E-state index contributed by atoms with van der Waals surface area (Å²) in [6.07, 6.45) is -2.36. The number of halogens is 5. The second kappa shape index (κ2) is 13.5. The maximum atomic E-state index is 13.3. The van der Waals surface area contributed by atoms with Crippen LogP contribution in [0.1, 0.15) is 48.0 Å². The topological polar surface area (TPSA) is 82.2 Å². The van der Waals surface area contributed by atoms with Crippen LogP contribution < -0.4 is 5.32 Å². The van der Waals surface area contributed by atoms with E-state index >= 15 is 0 Å². The number of nitrogens with one attached hydrogen (secondary N) is 1. The van der Waals surface area contributed by atoms with Crippen molar-refractivity contribution < 1.29 is 32.4 Å². The summed E-state index contributed by atoms with van der Waals surface area (Å²) < 4.78 is 38.9. The van der Waals surface area contributed by atoms with Gasteiger partial charge in [-0.15, -0.1) is 5.06 Å². The molecule has 3 fully saturated rings. The van der Waals surface area contributed by atoms with Crippen LogP contribution in [0.3, 0.4) is 0 Å². The molecule has 3 aliphatic heterocycles. The van der Waals surface area contributed by atoms with Crippen molar-refractivity contribution in [2.75, 3.05) is 39.8 Å². The Kier molecular flexibility index (Phi) is 9.96. The first-order chi connectivity index (χ1) is 20.9. The van der Waals surface area contributed by atoms with Gasteiger partial charge in [0.05, 0.1) is 5.92 Å². The molecule has 3 amide bonds. The molecule has 0 aromatic heterocycles. The average molecular weight is 656 g/mol. The summed E-state index contributed by atoms with van der Waals surface area (Å²) in [5, 5.41) is 4.94. The van der Waals surface area contributed by atoms with Gasteiger partial charge in [0, 0.05) is 67.3 Å². The predicted molar refractivity (Wildman–Crippen MR) is 160 cm³/mol. The maximum Gasteiger partial charge on any atom is 0.426 e. The molecular weight excluding hydrogens is 620 g/mol. The summed E-state index contributed by atoms with van der Waals surface area (Å²) in [7, 11) is 1.51. The summed E-state index contributed by atoms with van der Waals surface area (Å²) in [5.74, 6) is -1.81. The van der Waals surface area contributed by atoms with Crippen LogP contribution in [0, 0.1) is 11.8 Å². The summed E-state index contributed by atoms with van der Waals surface area (Å²) in [6.45, 7) is 1.92. The number of likely N-dealkylation sites (tertiary alicyclic amines) is 2. The molecule has 2 aromatic carbocycles. The van der Waals surface area contributed by atoms with Crippen LogP contribution in [0.25, 0.3) is 11.1 Å². The highest BCUT2D eigenvalue weighted by atomic mass is 35.5. The fraction of sp³-hybridized carbons (Fsp3) is 0.516. The van der Waals surface area contributed by atoms with E-state index in [9.17, 15) is 27.6 Å². The molecule has 1 atom stereocenters. The number of benzene rings is 2. The number of alkyl halides is 3. The van der Waals surface area contributed by atoms with Crippen LogP contribution in [-0.2, 0) is 16.1 Å². The molecule has 0 aliphatic carbocycles. The van der Waals surface area contributed by atoms with E-state index in [1.54, 1.807) is 41.5 Å². The van der Waals surface area contributed by atoms with Gasteiger partial charge < -0.3 is 20.0 Å². The van der Waals surface area contributed by atoms with E-state index in [2.05, 4.69) is 5.32 Å². The molecule has 8 nitrogen and oxygen atoms in total. The Balaban J connectivity index is 1.18. The van der Waals surface area contributed by atoms with Crippen molar-refractivity contribution in [1.82, 2.24) is 20.2 Å². The highest BCUT2D eigenvalue weighted by Crippen LogP contribution is 2.37. The van der Waals surface area contributed by atoms with E-state index in [1.165, 1.54) is 11.9 Å². The molecule has 3 saturated heterocycles. The Morgan fingerprint density at radius 2 is 1.52 bits per heavy atom. The number of hydrogen-bond donors (Lipinski definition) is 1. The van der Waals surface area contributed by atoms with Gasteiger partial charge in [-0.25, -0.2) is 4.79 Å². The minimum atomic E-state index is -4.23. The fourth-order valence-electron chi connectivity index (χ4n) is 6.33. The molecule has 0 unspecified atom stereocenters. The lowest BCUT2D eigenvalue weighted by molar-refractivity contribution is -0.183. The van der Waals surface area contributed by atoms with Crippen molar-refractivity contribution in [3.8, 4) is 11.1 Å². The van der Waals surface area contributed by atoms with E-state index in [4.69, 9.17) is 28.0 Å². The summed E-state index contributed by atoms with van der Waals surface area (Å²) in [5.41, 5.74) is 2.64. The lowest BCUT2D eigenvalue weighted by Gasteiger charge is -2.35. The number of carbonyl (C=O) groups excluding carboxylic acids is 3. The molecule has 0 radical (unpaired) electrons. The van der Waals surface area contributed by atoms with Crippen LogP contribution in [0.4, 0.5) is 18.0 Å². The first-order valence-corrected chi connectivity index (χ1v) is 15.6. The summed E-state index contributed by atoms with van der Waals surface area (Å²) in [6, 6.07) is 10.5. The maximum absolute atomic E-state index is 13.3. The van der Waals surface area contributed by atoms with Crippen molar-refractivity contribution in [2.45, 2.75) is 50.7 Å². The van der Waals surface area contributed by atoms with Crippen molar-refractivity contribution in [3.63, 3.8) is 0 Å². The number of amides is 3. The number of nitrogens with zero attached hydrogens (tertiary/aromatic N) is 3. The Labute approximate surface area is 264 Å². The lowest BCUT2D eigenvalue weighted by atomic mass is 9.94. The number of piperidine rings is 2. The van der Waals surface area contributed by atoms with Crippen molar-refractivity contribution in [3.05, 3.63) is 57.6 Å². The molecule has 44 heavy (non-hydrogen) atoms. The zero-order valence-corrected chi connectivity index (χ0v) is 25.9. The molecule has 238 valence electrons. The molecule has 0 bridgehead atoms. The minimum absolute atomic E-state index is 0.0754. The largest absolute Gasteiger partial charge is 0.426 e. The third kappa shape index (κ3) is 7.26. The standard InChI is InChI=1S/C31H35Cl2F3N4O4/c1-37-30(43)44-39-13-9-24(10-14-39)40-15-6-21(29(40)42)16-25-26(32)17-22(18-27(25)33)19-2-4-20(5-3-19)28(41)38-11-7-23(8-12-38)31(34,35)36/h2-5,17-18,21,23-24H,6-16H2,1H3,(H,37,43)/t21-/m0/s1. The van der Waals surface area contributed by atoms with Crippen LogP contribution in [-0.4, -0.2) is 84.8 Å². The SMILES string of the molecule is CNC(=O)ON1CCC(N2CC[C@@H](Cc3c(Cl)cc(-c4ccc(C(=O)N5CCC(C(F)(F)F)CC5)cc4)cc3Cl)C2=O)CC1. The number of hydrogen-bond acceptors (Lipinski definition) is 5. The van der Waals surface area contributed by atoms with Crippen molar-refractivity contribution in [1.29, 1.82) is 0 Å². The van der Waals surface area contributed by atoms with Gasteiger partial charge >= 0.3 is 12.3 Å². The van der Waals surface area contributed by atoms with E-state index < -0.39 is 18.2 Å². The Morgan fingerprint density at radius 3 is 2.09 bits per heavy atom. The third-order valence-corrected chi connectivity index (χ3v) is 9.61. The van der Waals surface area contributed by atoms with Crippen molar-refractivity contribution in [2.24, 2.45) is 11.8 Å². The second-order valence-electron chi connectivity index (χ2n) is 11.6. The fourth-order valence-corrected chi connectivity index (χ4v) is 6.97. The average Bonchev–Trinajstić information content (AvgIpc) is 3.38. The highest BCUT2D eigenvalue weighted by Gasteiger charge is 2.42. The molecule has 3 heterocycles. The molecule has 2 aromatic rings.